The average Bonchev–Trinajstić information content (AvgIpc) is 2.41. The van der Waals surface area contributed by atoms with Crippen LogP contribution in [-0.2, 0) is 14.3 Å². The van der Waals surface area contributed by atoms with E-state index >= 15 is 0 Å². The molecule has 0 aromatic carbocycles. The number of carboxylic acids is 1. The molecule has 1 rings (SSSR count). The van der Waals surface area contributed by atoms with Crippen molar-refractivity contribution in [2.45, 2.75) is 57.4 Å². The number of hydrogen-bond acceptors (Lipinski definition) is 6. The third-order valence-corrected chi connectivity index (χ3v) is 3.36. The molecule has 1 aliphatic heterocycles. The molecule has 0 radical (unpaired) electrons. The molecular weight excluding hydrogens is 256 g/mol. The summed E-state index contributed by atoms with van der Waals surface area (Å²) in [5.41, 5.74) is 0. The quantitative estimate of drug-likeness (QED) is 0.527. The molecule has 0 spiro atoms. The van der Waals surface area contributed by atoms with Gasteiger partial charge in [0.2, 0.25) is 0 Å². The van der Waals surface area contributed by atoms with E-state index in [1.54, 1.807) is 13.8 Å². The van der Waals surface area contributed by atoms with Gasteiger partial charge < -0.3 is 29.9 Å². The molecule has 1 heterocycles. The second-order valence-electron chi connectivity index (χ2n) is 4.76. The smallest absolute Gasteiger partial charge is 0.364 e. The molecule has 7 nitrogen and oxygen atoms in total. The first-order valence-corrected chi connectivity index (χ1v) is 6.17. The molecule has 4 N–H and O–H groups in total. The van der Waals surface area contributed by atoms with E-state index in [1.807, 2.05) is 0 Å². The molecule has 0 saturated carbocycles. The van der Waals surface area contributed by atoms with Crippen molar-refractivity contribution in [3.63, 3.8) is 0 Å². The van der Waals surface area contributed by atoms with Gasteiger partial charge in [0.15, 0.2) is 0 Å². The van der Waals surface area contributed by atoms with E-state index in [9.17, 15) is 25.2 Å². The van der Waals surface area contributed by atoms with Crippen LogP contribution in [0.4, 0.5) is 0 Å². The number of aliphatic carboxylic acids is 1. The molecule has 6 unspecified atom stereocenters. The van der Waals surface area contributed by atoms with Crippen molar-refractivity contribution in [2.75, 3.05) is 6.61 Å². The average molecular weight is 279 g/mol. The first kappa shape index (κ1) is 14.7. The summed E-state index contributed by atoms with van der Waals surface area (Å²) in [7, 11) is 0. The Labute approximate surface area is 113 Å². The first-order chi connectivity index (χ1) is 9.29. The molecule has 112 valence electrons. The highest BCUT2D eigenvalue weighted by molar-refractivity contribution is 5.76. The number of hydrogen-bond donors (Lipinski definition) is 4. The van der Waals surface area contributed by atoms with Crippen LogP contribution < -0.4 is 0 Å². The van der Waals surface area contributed by atoms with E-state index in [1.165, 1.54) is 0 Å². The minimum Gasteiger partial charge on any atom is -0.477 e. The lowest BCUT2D eigenvalue weighted by Crippen LogP contribution is -2.60. The third-order valence-electron chi connectivity index (χ3n) is 3.36. The van der Waals surface area contributed by atoms with E-state index in [0.717, 1.165) is 0 Å². The normalized spacial score (nSPS) is 39.4. The van der Waals surface area contributed by atoms with Gasteiger partial charge in [-0.1, -0.05) is 6.92 Å². The number of rotatable bonds is 5. The van der Waals surface area contributed by atoms with Crippen LogP contribution in [0.1, 0.15) is 28.5 Å². The van der Waals surface area contributed by atoms with Gasteiger partial charge in [-0.3, -0.25) is 0 Å². The predicted octanol–water partition coefficient (Wildman–Crippen LogP) is -0.669. The Kier molecular flexibility index (Phi) is 4.75. The van der Waals surface area contributed by atoms with Gasteiger partial charge in [-0.2, -0.15) is 0 Å². The highest BCUT2D eigenvalue weighted by Crippen LogP contribution is 2.36. The number of carbonyl (C=O) groups is 1. The minimum atomic E-state index is -2.05. The zero-order chi connectivity index (χ0) is 15.5. The van der Waals surface area contributed by atoms with Crippen LogP contribution in [0, 0.1) is 5.92 Å². The van der Waals surface area contributed by atoms with Gasteiger partial charge in [-0.25, -0.2) is 4.79 Å². The highest BCUT2D eigenvalue weighted by atomic mass is 16.7. The second-order valence-corrected chi connectivity index (χ2v) is 4.76. The van der Waals surface area contributed by atoms with Crippen molar-refractivity contribution in [3.05, 3.63) is 0 Å². The van der Waals surface area contributed by atoms with Gasteiger partial charge in [0.25, 0.3) is 5.79 Å². The lowest BCUT2D eigenvalue weighted by molar-refractivity contribution is -0.315. The van der Waals surface area contributed by atoms with Crippen molar-refractivity contribution in [3.8, 4) is 0 Å². The summed E-state index contributed by atoms with van der Waals surface area (Å²) in [6, 6.07) is 0. The Morgan fingerprint density at radius 3 is 2.74 bits per heavy atom. The maximum absolute atomic E-state index is 11.4. The molecule has 7 heteroatoms. The fraction of sp³-hybridized carbons (Fsp3) is 0.917. The number of aliphatic hydroxyl groups is 3. The van der Waals surface area contributed by atoms with Crippen LogP contribution in [0.15, 0.2) is 0 Å². The molecule has 19 heavy (non-hydrogen) atoms. The first-order valence-electron chi connectivity index (χ1n) is 6.88. The van der Waals surface area contributed by atoms with Gasteiger partial charge in [-0.05, 0) is 13.8 Å². The molecule has 0 aromatic rings. The number of ether oxygens (including phenoxy) is 2. The Morgan fingerprint density at radius 1 is 1.63 bits per heavy atom. The van der Waals surface area contributed by atoms with Crippen molar-refractivity contribution >= 4 is 5.97 Å². The minimum absolute atomic E-state index is 0.0528. The summed E-state index contributed by atoms with van der Waals surface area (Å²) in [5.74, 6) is -4.05. The van der Waals surface area contributed by atoms with Gasteiger partial charge in [-0.15, -0.1) is 0 Å². The Bertz CT molecular complexity index is 340. The van der Waals surface area contributed by atoms with Crippen LogP contribution in [0.25, 0.3) is 0 Å². The summed E-state index contributed by atoms with van der Waals surface area (Å²) >= 11 is 0. The van der Waals surface area contributed by atoms with E-state index in [4.69, 9.17) is 10.8 Å². The van der Waals surface area contributed by atoms with Gasteiger partial charge >= 0.3 is 5.97 Å². The Balaban J connectivity index is 3.02. The van der Waals surface area contributed by atoms with E-state index < -0.39 is 49.0 Å². The maximum atomic E-state index is 11.4. The summed E-state index contributed by atoms with van der Waals surface area (Å²) in [5, 5.41) is 38.8. The van der Waals surface area contributed by atoms with Crippen LogP contribution in [0.3, 0.4) is 0 Å². The number of aliphatic hydroxyl groups excluding tert-OH is 3. The SMILES string of the molecule is [2H]CC(O)C(O)C1OC(OCC)(C(=O)O)CC(O)C1C. The van der Waals surface area contributed by atoms with Crippen molar-refractivity contribution < 1.29 is 36.1 Å². The summed E-state index contributed by atoms with van der Waals surface area (Å²) in [6.07, 6.45) is -5.33. The predicted molar refractivity (Wildman–Crippen MR) is 64.3 cm³/mol. The van der Waals surface area contributed by atoms with E-state index in [-0.39, 0.29) is 13.0 Å². The Hall–Kier alpha value is -0.730. The molecule has 1 saturated heterocycles. The largest absolute Gasteiger partial charge is 0.477 e. The van der Waals surface area contributed by atoms with Gasteiger partial charge in [0, 0.05) is 20.3 Å². The van der Waals surface area contributed by atoms with Crippen molar-refractivity contribution in [1.82, 2.24) is 0 Å². The second kappa shape index (κ2) is 6.15. The summed E-state index contributed by atoms with van der Waals surface area (Å²) < 4.78 is 17.6. The van der Waals surface area contributed by atoms with Crippen molar-refractivity contribution in [1.29, 1.82) is 0 Å². The fourth-order valence-electron chi connectivity index (χ4n) is 2.18. The van der Waals surface area contributed by atoms with Gasteiger partial charge in [0.05, 0.1) is 18.3 Å². The van der Waals surface area contributed by atoms with Crippen LogP contribution in [0.5, 0.6) is 0 Å². The van der Waals surface area contributed by atoms with Gasteiger partial charge in [0.1, 0.15) is 6.10 Å². The molecule has 0 amide bonds. The number of carboxylic acid groups (broad SMARTS) is 1. The van der Waals surface area contributed by atoms with Crippen molar-refractivity contribution in [2.24, 2.45) is 5.92 Å². The zero-order valence-electron chi connectivity index (χ0n) is 12.0. The van der Waals surface area contributed by atoms with Crippen LogP contribution in [-0.4, -0.2) is 63.2 Å². The monoisotopic (exact) mass is 279 g/mol. The maximum Gasteiger partial charge on any atom is 0.364 e. The lowest BCUT2D eigenvalue weighted by atomic mass is 9.85. The molecule has 6 atom stereocenters. The Morgan fingerprint density at radius 2 is 2.26 bits per heavy atom. The summed E-state index contributed by atoms with van der Waals surface area (Å²) in [6.45, 7) is 2.76. The molecule has 0 bridgehead atoms. The molecule has 1 aliphatic rings. The van der Waals surface area contributed by atoms with E-state index in [2.05, 4.69) is 0 Å². The molecular formula is C12H22O7. The zero-order valence-corrected chi connectivity index (χ0v) is 11.0. The molecule has 0 aromatic heterocycles. The fourth-order valence-corrected chi connectivity index (χ4v) is 2.18. The van der Waals surface area contributed by atoms with Crippen LogP contribution >= 0.6 is 0 Å². The van der Waals surface area contributed by atoms with Crippen LogP contribution in [0.2, 0.25) is 0 Å². The molecule has 0 aliphatic carbocycles. The summed E-state index contributed by atoms with van der Waals surface area (Å²) in [4.78, 5) is 11.4. The standard InChI is InChI=1S/C12H22O7/c1-4-18-12(11(16)17)5-8(14)6(2)10(19-12)9(15)7(3)13/h6-10,13-15H,4-5H2,1-3H3,(H,16,17)/i3D. The van der Waals surface area contributed by atoms with E-state index in [0.29, 0.717) is 0 Å². The topological polar surface area (TPSA) is 116 Å². The molecule has 1 fully saturated rings. The lowest BCUT2D eigenvalue weighted by Gasteiger charge is -2.45. The third kappa shape index (κ3) is 3.24. The highest BCUT2D eigenvalue weighted by Gasteiger charge is 2.53.